The summed E-state index contributed by atoms with van der Waals surface area (Å²) in [5, 5.41) is 0. The third kappa shape index (κ3) is 2.09. The molecule has 0 aromatic carbocycles. The van der Waals surface area contributed by atoms with Crippen molar-refractivity contribution in [3.05, 3.63) is 24.5 Å². The first-order valence-corrected chi connectivity index (χ1v) is 2.88. The van der Waals surface area contributed by atoms with E-state index in [-0.39, 0.29) is 8.41 Å². The molecule has 0 aliphatic heterocycles. The first kappa shape index (κ1) is 9.01. The minimum absolute atomic E-state index is 0. The number of nitrogens with zero attached hydrogens (tertiary/aromatic N) is 2. The van der Waals surface area contributed by atoms with Crippen molar-refractivity contribution in [3.63, 3.8) is 0 Å². The van der Waals surface area contributed by atoms with Crippen LogP contribution in [-0.4, -0.2) is 27.5 Å². The van der Waals surface area contributed by atoms with Crippen LogP contribution in [0.2, 0.25) is 0 Å². The van der Waals surface area contributed by atoms with Gasteiger partial charge < -0.3 is 4.90 Å². The fourth-order valence-corrected chi connectivity index (χ4v) is 0.642. The van der Waals surface area contributed by atoms with Crippen molar-refractivity contribution >= 4 is 14.1 Å². The summed E-state index contributed by atoms with van der Waals surface area (Å²) in [7, 11) is 4.02. The molecule has 1 aromatic rings. The van der Waals surface area contributed by atoms with E-state index in [4.69, 9.17) is 0 Å². The SMILES string of the molecule is B.CN(C)c1ccncc1. The number of anilines is 1. The van der Waals surface area contributed by atoms with Crippen LogP contribution in [0.4, 0.5) is 5.69 Å². The van der Waals surface area contributed by atoms with E-state index in [2.05, 4.69) is 4.98 Å². The van der Waals surface area contributed by atoms with Crippen molar-refractivity contribution in [3.8, 4) is 0 Å². The van der Waals surface area contributed by atoms with Gasteiger partial charge in [-0.25, -0.2) is 0 Å². The predicted molar refractivity (Wildman–Crippen MR) is 48.5 cm³/mol. The minimum Gasteiger partial charge on any atom is -0.378 e. The predicted octanol–water partition coefficient (Wildman–Crippen LogP) is -0.0363. The van der Waals surface area contributed by atoms with Crippen LogP contribution in [-0.2, 0) is 0 Å². The van der Waals surface area contributed by atoms with Crippen LogP contribution in [0.25, 0.3) is 0 Å². The number of aromatic nitrogens is 1. The molecule has 0 fully saturated rings. The van der Waals surface area contributed by atoms with E-state index in [0.717, 1.165) is 0 Å². The molecule has 0 atom stereocenters. The maximum absolute atomic E-state index is 3.90. The Labute approximate surface area is 63.5 Å². The molecule has 0 aliphatic carbocycles. The molecular weight excluding hydrogens is 123 g/mol. The molecule has 0 amide bonds. The fourth-order valence-electron chi connectivity index (χ4n) is 0.642. The second-order valence-electron chi connectivity index (χ2n) is 2.10. The summed E-state index contributed by atoms with van der Waals surface area (Å²) in [6, 6.07) is 3.94. The Balaban J connectivity index is 0.000000810. The van der Waals surface area contributed by atoms with Gasteiger partial charge in [-0.15, -0.1) is 0 Å². The van der Waals surface area contributed by atoms with E-state index in [9.17, 15) is 0 Å². The third-order valence-electron chi connectivity index (χ3n) is 1.18. The normalized spacial score (nSPS) is 8.20. The van der Waals surface area contributed by atoms with Crippen LogP contribution in [0.5, 0.6) is 0 Å². The maximum atomic E-state index is 3.90. The van der Waals surface area contributed by atoms with Crippen molar-refractivity contribution in [2.24, 2.45) is 0 Å². The largest absolute Gasteiger partial charge is 0.378 e. The van der Waals surface area contributed by atoms with Gasteiger partial charge in [-0.3, -0.25) is 4.98 Å². The van der Waals surface area contributed by atoms with Gasteiger partial charge in [-0.1, -0.05) is 0 Å². The van der Waals surface area contributed by atoms with E-state index in [1.54, 1.807) is 12.4 Å². The molecule has 0 saturated heterocycles. The highest BCUT2D eigenvalue weighted by Gasteiger charge is 1.88. The molecule has 1 heterocycles. The first-order valence-electron chi connectivity index (χ1n) is 2.88. The standard InChI is InChI=1S/C7H10N2.BH3/c1-9(2)7-3-5-8-6-4-7;/h3-6H,1-2H3;1H3. The molecule has 54 valence electrons. The molecule has 0 saturated carbocycles. The van der Waals surface area contributed by atoms with Crippen molar-refractivity contribution in [2.45, 2.75) is 0 Å². The number of hydrogen-bond donors (Lipinski definition) is 0. The lowest BCUT2D eigenvalue weighted by Gasteiger charge is -2.10. The van der Waals surface area contributed by atoms with E-state index < -0.39 is 0 Å². The fraction of sp³-hybridized carbons (Fsp3) is 0.286. The second-order valence-corrected chi connectivity index (χ2v) is 2.10. The molecule has 0 aliphatic rings. The lowest BCUT2D eigenvalue weighted by molar-refractivity contribution is 1.12. The van der Waals surface area contributed by atoms with Crippen LogP contribution in [0.15, 0.2) is 24.5 Å². The Morgan fingerprint density at radius 1 is 1.20 bits per heavy atom. The van der Waals surface area contributed by atoms with Gasteiger partial charge in [0, 0.05) is 32.2 Å². The molecule has 1 rings (SSSR count). The molecule has 10 heavy (non-hydrogen) atoms. The maximum Gasteiger partial charge on any atom is 0.0814 e. The molecule has 0 bridgehead atoms. The van der Waals surface area contributed by atoms with Gasteiger partial charge >= 0.3 is 0 Å². The average molecular weight is 136 g/mol. The Morgan fingerprint density at radius 2 is 1.70 bits per heavy atom. The monoisotopic (exact) mass is 136 g/mol. The van der Waals surface area contributed by atoms with E-state index in [1.807, 2.05) is 31.1 Å². The van der Waals surface area contributed by atoms with Crippen LogP contribution < -0.4 is 4.90 Å². The Morgan fingerprint density at radius 3 is 2.00 bits per heavy atom. The lowest BCUT2D eigenvalue weighted by Crippen LogP contribution is -2.07. The van der Waals surface area contributed by atoms with Crippen molar-refractivity contribution < 1.29 is 0 Å². The molecular formula is C7H13BN2. The van der Waals surface area contributed by atoms with Gasteiger partial charge in [0.05, 0.1) is 8.41 Å². The molecule has 0 radical (unpaired) electrons. The lowest BCUT2D eigenvalue weighted by atomic mass is 10.4. The quantitative estimate of drug-likeness (QED) is 0.503. The molecule has 3 heteroatoms. The zero-order valence-electron chi connectivity index (χ0n) is 5.70. The molecule has 2 nitrogen and oxygen atoms in total. The number of rotatable bonds is 1. The van der Waals surface area contributed by atoms with Crippen LogP contribution in [0.3, 0.4) is 0 Å². The summed E-state index contributed by atoms with van der Waals surface area (Å²) in [5.74, 6) is 0. The van der Waals surface area contributed by atoms with Crippen molar-refractivity contribution in [1.29, 1.82) is 0 Å². The number of pyridine rings is 1. The van der Waals surface area contributed by atoms with Crippen molar-refractivity contribution in [2.75, 3.05) is 19.0 Å². The zero-order chi connectivity index (χ0) is 6.69. The summed E-state index contributed by atoms with van der Waals surface area (Å²) >= 11 is 0. The Hall–Kier alpha value is -0.985. The second kappa shape index (κ2) is 3.93. The molecule has 0 unspecified atom stereocenters. The van der Waals surface area contributed by atoms with Crippen LogP contribution in [0, 0.1) is 0 Å². The van der Waals surface area contributed by atoms with Crippen LogP contribution in [0.1, 0.15) is 0 Å². The van der Waals surface area contributed by atoms with Gasteiger partial charge in [0.2, 0.25) is 0 Å². The van der Waals surface area contributed by atoms with Gasteiger partial charge in [-0.05, 0) is 12.1 Å². The summed E-state index contributed by atoms with van der Waals surface area (Å²) in [5.41, 5.74) is 1.19. The van der Waals surface area contributed by atoms with Gasteiger partial charge in [-0.2, -0.15) is 0 Å². The van der Waals surface area contributed by atoms with E-state index in [0.29, 0.717) is 0 Å². The van der Waals surface area contributed by atoms with Crippen molar-refractivity contribution in [1.82, 2.24) is 4.98 Å². The highest BCUT2D eigenvalue weighted by Crippen LogP contribution is 2.05. The van der Waals surface area contributed by atoms with Gasteiger partial charge in [0.1, 0.15) is 0 Å². The topological polar surface area (TPSA) is 16.1 Å². The third-order valence-corrected chi connectivity index (χ3v) is 1.18. The summed E-state index contributed by atoms with van der Waals surface area (Å²) in [4.78, 5) is 5.94. The van der Waals surface area contributed by atoms with Gasteiger partial charge in [0.15, 0.2) is 0 Å². The highest BCUT2D eigenvalue weighted by molar-refractivity contribution is 5.75. The Kier molecular flexibility index (Phi) is 3.54. The van der Waals surface area contributed by atoms with E-state index >= 15 is 0 Å². The first-order chi connectivity index (χ1) is 4.30. The highest BCUT2D eigenvalue weighted by atomic mass is 15.1. The smallest absolute Gasteiger partial charge is 0.0814 e. The molecule has 0 N–H and O–H groups in total. The molecule has 0 spiro atoms. The van der Waals surface area contributed by atoms with Crippen LogP contribution >= 0.6 is 0 Å². The van der Waals surface area contributed by atoms with Gasteiger partial charge in [0.25, 0.3) is 0 Å². The van der Waals surface area contributed by atoms with E-state index in [1.165, 1.54) is 5.69 Å². The molecule has 1 aromatic heterocycles. The summed E-state index contributed by atoms with van der Waals surface area (Å²) in [6.45, 7) is 0. The summed E-state index contributed by atoms with van der Waals surface area (Å²) < 4.78 is 0. The average Bonchev–Trinajstić information content (AvgIpc) is 1.90. The zero-order valence-corrected chi connectivity index (χ0v) is 5.70. The number of hydrogen-bond acceptors (Lipinski definition) is 2. The minimum atomic E-state index is 0. The Bertz CT molecular complexity index is 174. The summed E-state index contributed by atoms with van der Waals surface area (Å²) in [6.07, 6.45) is 3.57.